The Morgan fingerprint density at radius 3 is 2.53 bits per heavy atom. The molecule has 0 bridgehead atoms. The van der Waals surface area contributed by atoms with E-state index in [0.717, 1.165) is 43.1 Å². The zero-order valence-electron chi connectivity index (χ0n) is 17.4. The van der Waals surface area contributed by atoms with Crippen LogP contribution in [0.25, 0.3) is 11.4 Å². The van der Waals surface area contributed by atoms with Gasteiger partial charge >= 0.3 is 0 Å². The molecule has 0 unspecified atom stereocenters. The molecular weight excluding hydrogens is 380 g/mol. The Balaban J connectivity index is 1.98. The molecule has 0 spiro atoms. The van der Waals surface area contributed by atoms with Crippen LogP contribution in [0.1, 0.15) is 17.7 Å². The Morgan fingerprint density at radius 2 is 1.90 bits per heavy atom. The smallest absolute Gasteiger partial charge is 0.298 e. The van der Waals surface area contributed by atoms with E-state index in [1.54, 1.807) is 22.9 Å². The van der Waals surface area contributed by atoms with Gasteiger partial charge in [-0.05, 0) is 55.9 Å². The number of benzene rings is 1. The quantitative estimate of drug-likeness (QED) is 0.575. The lowest BCUT2D eigenvalue weighted by Gasteiger charge is -2.33. The summed E-state index contributed by atoms with van der Waals surface area (Å²) in [5.41, 5.74) is 14.2. The number of hydrogen-bond donors (Lipinski definition) is 3. The first kappa shape index (κ1) is 21.6. The minimum Gasteiger partial charge on any atom is -0.405 e. The summed E-state index contributed by atoms with van der Waals surface area (Å²) < 4.78 is 1.64. The molecule has 8 heteroatoms. The van der Waals surface area contributed by atoms with Gasteiger partial charge in [-0.1, -0.05) is 12.1 Å². The second kappa shape index (κ2) is 10.1. The number of nitrogens with zero attached hydrogens (tertiary/aromatic N) is 4. The highest BCUT2D eigenvalue weighted by Crippen LogP contribution is 2.16. The summed E-state index contributed by atoms with van der Waals surface area (Å²) >= 11 is 0. The number of hydrogen-bond acceptors (Lipinski definition) is 7. The van der Waals surface area contributed by atoms with E-state index in [0.29, 0.717) is 24.4 Å². The fraction of sp³-hybridized carbons (Fsp3) is 0.364. The maximum absolute atomic E-state index is 13.3. The van der Waals surface area contributed by atoms with Gasteiger partial charge in [0.15, 0.2) is 5.82 Å². The van der Waals surface area contributed by atoms with Gasteiger partial charge in [0.2, 0.25) is 0 Å². The summed E-state index contributed by atoms with van der Waals surface area (Å²) in [6.45, 7) is 3.38. The van der Waals surface area contributed by atoms with Crippen LogP contribution in [0.15, 0.2) is 53.6 Å². The summed E-state index contributed by atoms with van der Waals surface area (Å²) in [4.78, 5) is 22.2. The number of aliphatic hydroxyl groups excluding tert-OH is 1. The molecule has 1 aromatic heterocycles. The van der Waals surface area contributed by atoms with Gasteiger partial charge < -0.3 is 26.4 Å². The van der Waals surface area contributed by atoms with Crippen molar-refractivity contribution in [3.63, 3.8) is 0 Å². The molecule has 8 nitrogen and oxygen atoms in total. The predicted molar refractivity (Wildman–Crippen MR) is 120 cm³/mol. The van der Waals surface area contributed by atoms with Crippen molar-refractivity contribution >= 4 is 11.5 Å². The molecule has 0 radical (unpaired) electrons. The number of aliphatic hydroxyl groups is 1. The molecule has 3 rings (SSSR count). The van der Waals surface area contributed by atoms with Crippen molar-refractivity contribution in [1.29, 1.82) is 0 Å². The lowest BCUT2D eigenvalue weighted by atomic mass is 10.1. The van der Waals surface area contributed by atoms with Crippen molar-refractivity contribution in [2.24, 2.45) is 11.5 Å². The molecule has 5 N–H and O–H groups in total. The van der Waals surface area contributed by atoms with E-state index < -0.39 is 0 Å². The van der Waals surface area contributed by atoms with E-state index in [-0.39, 0.29) is 12.2 Å². The van der Waals surface area contributed by atoms with Gasteiger partial charge in [0.1, 0.15) is 0 Å². The van der Waals surface area contributed by atoms with Crippen LogP contribution in [0.2, 0.25) is 0 Å². The van der Waals surface area contributed by atoms with Gasteiger partial charge in [-0.15, -0.1) is 0 Å². The van der Waals surface area contributed by atoms with Crippen LogP contribution in [-0.2, 0) is 6.42 Å². The molecule has 0 atom stereocenters. The predicted octanol–water partition coefficient (Wildman–Crippen LogP) is 0.681. The Bertz CT molecular complexity index is 957. The van der Waals surface area contributed by atoms with Crippen molar-refractivity contribution < 1.29 is 5.11 Å². The molecule has 0 amide bonds. The molecular formula is C22H30N6O2. The lowest BCUT2D eigenvalue weighted by Crippen LogP contribution is -2.47. The maximum Gasteiger partial charge on any atom is 0.298 e. The fourth-order valence-corrected chi connectivity index (χ4v) is 3.39. The number of anilines is 1. The van der Waals surface area contributed by atoms with Crippen LogP contribution in [0.4, 0.5) is 5.82 Å². The molecule has 1 aliphatic rings. The van der Waals surface area contributed by atoms with Gasteiger partial charge in [0, 0.05) is 50.4 Å². The normalized spacial score (nSPS) is 15.8. The van der Waals surface area contributed by atoms with Crippen molar-refractivity contribution in [3.8, 4) is 5.69 Å². The van der Waals surface area contributed by atoms with Gasteiger partial charge in [0.25, 0.3) is 5.56 Å². The number of rotatable bonds is 7. The first-order chi connectivity index (χ1) is 14.5. The van der Waals surface area contributed by atoms with Crippen molar-refractivity contribution in [2.75, 3.05) is 44.7 Å². The number of nitrogens with two attached hydrogens (primary N) is 2. The highest BCUT2D eigenvalue weighted by molar-refractivity contribution is 5.65. The van der Waals surface area contributed by atoms with Gasteiger partial charge in [-0.25, -0.2) is 4.98 Å². The number of likely N-dealkylation sites (N-methyl/N-ethyl adjacent to an activating group) is 1. The summed E-state index contributed by atoms with van der Waals surface area (Å²) in [6.07, 6.45) is 7.80. The van der Waals surface area contributed by atoms with Crippen molar-refractivity contribution in [2.45, 2.75) is 12.8 Å². The van der Waals surface area contributed by atoms with E-state index in [4.69, 9.17) is 11.5 Å². The van der Waals surface area contributed by atoms with Crippen molar-refractivity contribution in [3.05, 3.63) is 70.4 Å². The lowest BCUT2D eigenvalue weighted by molar-refractivity contribution is 0.288. The molecule has 1 saturated heterocycles. The van der Waals surface area contributed by atoms with E-state index in [2.05, 4.69) is 21.8 Å². The van der Waals surface area contributed by atoms with E-state index in [1.165, 1.54) is 6.20 Å². The Kier molecular flexibility index (Phi) is 7.26. The largest absolute Gasteiger partial charge is 0.405 e. The molecule has 0 aliphatic carbocycles. The molecule has 2 aromatic rings. The number of allylic oxidation sites excluding steroid dienone is 2. The van der Waals surface area contributed by atoms with Gasteiger partial charge in [-0.2, -0.15) is 0 Å². The second-order valence-corrected chi connectivity index (χ2v) is 7.40. The first-order valence-electron chi connectivity index (χ1n) is 10.1. The van der Waals surface area contributed by atoms with Crippen LogP contribution in [0, 0.1) is 0 Å². The highest BCUT2D eigenvalue weighted by Gasteiger charge is 2.20. The number of aromatic nitrogens is 2. The number of aryl methyl sites for hydroxylation is 1. The third-order valence-electron chi connectivity index (χ3n) is 5.20. The molecule has 30 heavy (non-hydrogen) atoms. The summed E-state index contributed by atoms with van der Waals surface area (Å²) in [5.74, 6) is 0.468. The molecule has 1 aliphatic heterocycles. The van der Waals surface area contributed by atoms with Gasteiger partial charge in [0.05, 0.1) is 5.69 Å². The average molecular weight is 411 g/mol. The van der Waals surface area contributed by atoms with E-state index in [9.17, 15) is 9.90 Å². The summed E-state index contributed by atoms with van der Waals surface area (Å²) in [7, 11) is 2.08. The third kappa shape index (κ3) is 5.08. The maximum atomic E-state index is 13.3. The Labute approximate surface area is 176 Å². The molecule has 160 valence electrons. The standard InChI is InChI=1S/C22H30N6O2/c1-26-11-13-27(14-12-26)21-22(30)28(16-18(25-21)4-3-15-29)19-8-6-17(7-9-19)20(24)5-2-10-23/h2,5-10,16,29H,3-4,11-15,23-24H2,1H3/b10-2-,20-5-. The van der Waals surface area contributed by atoms with Crippen LogP contribution in [0.3, 0.4) is 0 Å². The van der Waals surface area contributed by atoms with Crippen LogP contribution in [0.5, 0.6) is 0 Å². The topological polar surface area (TPSA) is 114 Å². The van der Waals surface area contributed by atoms with E-state index >= 15 is 0 Å². The zero-order chi connectivity index (χ0) is 21.5. The highest BCUT2D eigenvalue weighted by atomic mass is 16.2. The summed E-state index contributed by atoms with van der Waals surface area (Å²) in [6, 6.07) is 7.49. The van der Waals surface area contributed by atoms with E-state index in [1.807, 2.05) is 24.3 Å². The molecule has 2 heterocycles. The van der Waals surface area contributed by atoms with Crippen LogP contribution < -0.4 is 21.9 Å². The van der Waals surface area contributed by atoms with Crippen molar-refractivity contribution in [1.82, 2.24) is 14.5 Å². The summed E-state index contributed by atoms with van der Waals surface area (Å²) in [5, 5.41) is 9.22. The van der Waals surface area contributed by atoms with Gasteiger partial charge in [-0.3, -0.25) is 9.36 Å². The molecule has 0 saturated carbocycles. The fourth-order valence-electron chi connectivity index (χ4n) is 3.39. The monoisotopic (exact) mass is 410 g/mol. The molecule has 1 aromatic carbocycles. The minimum atomic E-state index is -0.144. The Morgan fingerprint density at radius 1 is 1.20 bits per heavy atom. The average Bonchev–Trinajstić information content (AvgIpc) is 2.77. The number of piperazine rings is 1. The molecule has 1 fully saturated rings. The SMILES string of the molecule is CN1CCN(c2nc(CCCO)cn(-c3ccc(/C(N)=C/C=C\N)cc3)c2=O)CC1. The zero-order valence-corrected chi connectivity index (χ0v) is 17.4. The Hall–Kier alpha value is -3.10. The first-order valence-corrected chi connectivity index (χ1v) is 10.1. The second-order valence-electron chi connectivity index (χ2n) is 7.40. The van der Waals surface area contributed by atoms with Crippen LogP contribution >= 0.6 is 0 Å². The van der Waals surface area contributed by atoms with Crippen LogP contribution in [-0.4, -0.2) is 59.4 Å². The third-order valence-corrected chi connectivity index (χ3v) is 5.20. The minimum absolute atomic E-state index is 0.0855.